The minimum Gasteiger partial charge on any atom is -0.324 e. The fourth-order valence-corrected chi connectivity index (χ4v) is 2.93. The first-order chi connectivity index (χ1) is 12.0. The number of nitrogens with zero attached hydrogens (tertiary/aromatic N) is 2. The molecule has 1 aliphatic rings. The fraction of sp³-hybridized carbons (Fsp3) is 0.250. The van der Waals surface area contributed by atoms with Gasteiger partial charge in [0.1, 0.15) is 5.03 Å². The quantitative estimate of drug-likeness (QED) is 0.724. The molecule has 0 bridgehead atoms. The second-order valence-electron chi connectivity index (χ2n) is 5.46. The number of hydrogen-bond donors (Lipinski definition) is 2. The molecule has 130 valence electrons. The van der Waals surface area contributed by atoms with Gasteiger partial charge in [-0.25, -0.2) is 0 Å². The number of rotatable bonds is 6. The number of carbonyl (C=O) groups excluding carboxylic acids is 2. The van der Waals surface area contributed by atoms with Crippen LogP contribution in [-0.2, 0) is 9.59 Å². The first-order valence-electron chi connectivity index (χ1n) is 7.54. The molecule has 0 aliphatic heterocycles. The van der Waals surface area contributed by atoms with E-state index in [4.69, 9.17) is 23.2 Å². The highest BCUT2D eigenvalue weighted by atomic mass is 35.5. The Labute approximate surface area is 158 Å². The van der Waals surface area contributed by atoms with Gasteiger partial charge in [-0.05, 0) is 37.1 Å². The van der Waals surface area contributed by atoms with Gasteiger partial charge in [0.25, 0.3) is 0 Å². The van der Waals surface area contributed by atoms with Crippen LogP contribution in [0.4, 0.5) is 11.5 Å². The van der Waals surface area contributed by atoms with E-state index in [9.17, 15) is 9.59 Å². The van der Waals surface area contributed by atoms with Gasteiger partial charge in [-0.15, -0.1) is 10.2 Å². The molecule has 2 amide bonds. The Morgan fingerprint density at radius 3 is 2.60 bits per heavy atom. The van der Waals surface area contributed by atoms with Crippen molar-refractivity contribution < 1.29 is 9.59 Å². The zero-order chi connectivity index (χ0) is 17.8. The summed E-state index contributed by atoms with van der Waals surface area (Å²) in [6, 6.07) is 8.40. The predicted molar refractivity (Wildman–Crippen MR) is 99.2 cm³/mol. The molecule has 1 aromatic heterocycles. The van der Waals surface area contributed by atoms with E-state index in [2.05, 4.69) is 20.8 Å². The zero-order valence-corrected chi connectivity index (χ0v) is 15.3. The van der Waals surface area contributed by atoms with Crippen LogP contribution in [0.5, 0.6) is 0 Å². The summed E-state index contributed by atoms with van der Waals surface area (Å²) in [6.07, 6.45) is 1.86. The van der Waals surface area contributed by atoms with Crippen LogP contribution < -0.4 is 10.6 Å². The molecule has 9 heteroatoms. The van der Waals surface area contributed by atoms with Gasteiger partial charge in [0.15, 0.2) is 5.82 Å². The first kappa shape index (κ1) is 18.0. The third-order valence-corrected chi connectivity index (χ3v) is 5.16. The highest BCUT2D eigenvalue weighted by Gasteiger charge is 2.29. The van der Waals surface area contributed by atoms with Crippen LogP contribution in [0.25, 0.3) is 0 Å². The standard InChI is InChI=1S/C16H14Cl2N4O2S/c17-10-2-1-3-11(15(10)18)19-13(23)8-25-14-7-6-12(21-22-14)20-16(24)9-4-5-9/h1-3,6-7,9H,4-5,8H2,(H,19,23)(H,20,21,24). The Morgan fingerprint density at radius 1 is 1.12 bits per heavy atom. The largest absolute Gasteiger partial charge is 0.324 e. The Bertz CT molecular complexity index is 797. The van der Waals surface area contributed by atoms with Crippen LogP contribution in [0, 0.1) is 5.92 Å². The second-order valence-corrected chi connectivity index (χ2v) is 7.24. The van der Waals surface area contributed by atoms with Crippen LogP contribution in [0.2, 0.25) is 10.0 Å². The van der Waals surface area contributed by atoms with Crippen molar-refractivity contribution in [3.8, 4) is 0 Å². The molecule has 0 unspecified atom stereocenters. The van der Waals surface area contributed by atoms with Crippen LogP contribution >= 0.6 is 35.0 Å². The summed E-state index contributed by atoms with van der Waals surface area (Å²) in [6.45, 7) is 0. The van der Waals surface area contributed by atoms with Crippen LogP contribution in [0.3, 0.4) is 0 Å². The SMILES string of the molecule is O=C(CSc1ccc(NC(=O)C2CC2)nn1)Nc1cccc(Cl)c1Cl. The van der Waals surface area contributed by atoms with Crippen molar-refractivity contribution in [2.45, 2.75) is 17.9 Å². The zero-order valence-electron chi connectivity index (χ0n) is 13.0. The molecule has 3 rings (SSSR count). The molecule has 0 radical (unpaired) electrons. The molecule has 6 nitrogen and oxygen atoms in total. The van der Waals surface area contributed by atoms with E-state index < -0.39 is 0 Å². The lowest BCUT2D eigenvalue weighted by Crippen LogP contribution is -2.15. The van der Waals surface area contributed by atoms with Gasteiger partial charge in [-0.1, -0.05) is 41.0 Å². The summed E-state index contributed by atoms with van der Waals surface area (Å²) in [5, 5.41) is 14.6. The summed E-state index contributed by atoms with van der Waals surface area (Å²) in [5.41, 5.74) is 0.462. The number of nitrogens with one attached hydrogen (secondary N) is 2. The number of hydrogen-bond acceptors (Lipinski definition) is 5. The summed E-state index contributed by atoms with van der Waals surface area (Å²) in [4.78, 5) is 23.6. The summed E-state index contributed by atoms with van der Waals surface area (Å²) in [5.74, 6) is 0.412. The summed E-state index contributed by atoms with van der Waals surface area (Å²) < 4.78 is 0. The van der Waals surface area contributed by atoms with Crippen molar-refractivity contribution in [1.82, 2.24) is 10.2 Å². The molecule has 1 aromatic carbocycles. The molecular formula is C16H14Cl2N4O2S. The number of benzene rings is 1. The predicted octanol–water partition coefficient (Wildman–Crippen LogP) is 3.86. The maximum Gasteiger partial charge on any atom is 0.234 e. The molecule has 1 fully saturated rings. The van der Waals surface area contributed by atoms with Crippen molar-refractivity contribution in [3.63, 3.8) is 0 Å². The van der Waals surface area contributed by atoms with Gasteiger partial charge < -0.3 is 10.6 Å². The number of halogens is 2. The molecule has 1 heterocycles. The number of carbonyl (C=O) groups is 2. The first-order valence-corrected chi connectivity index (χ1v) is 9.28. The molecule has 1 aliphatic carbocycles. The van der Waals surface area contributed by atoms with Crippen molar-refractivity contribution in [1.29, 1.82) is 0 Å². The molecule has 0 saturated heterocycles. The van der Waals surface area contributed by atoms with Crippen molar-refractivity contribution in [2.24, 2.45) is 5.92 Å². The van der Waals surface area contributed by atoms with Gasteiger partial charge in [0, 0.05) is 5.92 Å². The van der Waals surface area contributed by atoms with E-state index in [0.29, 0.717) is 26.6 Å². The Hall–Kier alpha value is -1.83. The van der Waals surface area contributed by atoms with Gasteiger partial charge in [0.2, 0.25) is 11.8 Å². The number of anilines is 2. The number of amides is 2. The Morgan fingerprint density at radius 2 is 1.92 bits per heavy atom. The Kier molecular flexibility index (Phi) is 5.78. The van der Waals surface area contributed by atoms with Crippen LogP contribution in [-0.4, -0.2) is 27.8 Å². The van der Waals surface area contributed by atoms with Gasteiger partial charge in [-0.3, -0.25) is 9.59 Å². The molecule has 0 spiro atoms. The van der Waals surface area contributed by atoms with E-state index >= 15 is 0 Å². The lowest BCUT2D eigenvalue weighted by molar-refractivity contribution is -0.117. The molecule has 2 aromatic rings. The monoisotopic (exact) mass is 396 g/mol. The molecule has 25 heavy (non-hydrogen) atoms. The van der Waals surface area contributed by atoms with Gasteiger partial charge >= 0.3 is 0 Å². The summed E-state index contributed by atoms with van der Waals surface area (Å²) in [7, 11) is 0. The van der Waals surface area contributed by atoms with Crippen molar-refractivity contribution in [3.05, 3.63) is 40.4 Å². The molecule has 2 N–H and O–H groups in total. The number of aromatic nitrogens is 2. The van der Waals surface area contributed by atoms with E-state index in [1.54, 1.807) is 30.3 Å². The highest BCUT2D eigenvalue weighted by Crippen LogP contribution is 2.30. The van der Waals surface area contributed by atoms with E-state index in [-0.39, 0.29) is 23.5 Å². The highest BCUT2D eigenvalue weighted by molar-refractivity contribution is 7.99. The average Bonchev–Trinajstić information content (AvgIpc) is 3.43. The van der Waals surface area contributed by atoms with E-state index in [1.165, 1.54) is 11.8 Å². The lowest BCUT2D eigenvalue weighted by Gasteiger charge is -2.08. The normalized spacial score (nSPS) is 13.4. The van der Waals surface area contributed by atoms with Crippen LogP contribution in [0.15, 0.2) is 35.4 Å². The smallest absolute Gasteiger partial charge is 0.234 e. The lowest BCUT2D eigenvalue weighted by atomic mass is 10.3. The van der Waals surface area contributed by atoms with Crippen molar-refractivity contribution >= 4 is 58.3 Å². The molecular weight excluding hydrogens is 383 g/mol. The van der Waals surface area contributed by atoms with Crippen LogP contribution in [0.1, 0.15) is 12.8 Å². The maximum atomic E-state index is 12.0. The maximum absolute atomic E-state index is 12.0. The third-order valence-electron chi connectivity index (χ3n) is 3.42. The second kappa shape index (κ2) is 8.03. The topological polar surface area (TPSA) is 84.0 Å². The summed E-state index contributed by atoms with van der Waals surface area (Å²) >= 11 is 13.2. The minimum absolute atomic E-state index is 0.0209. The Balaban J connectivity index is 1.50. The minimum atomic E-state index is -0.234. The van der Waals surface area contributed by atoms with Gasteiger partial charge in [-0.2, -0.15) is 0 Å². The fourth-order valence-electron chi connectivity index (χ4n) is 1.96. The third kappa shape index (κ3) is 5.07. The molecule has 1 saturated carbocycles. The number of thioether (sulfide) groups is 1. The van der Waals surface area contributed by atoms with Gasteiger partial charge in [0.05, 0.1) is 21.5 Å². The van der Waals surface area contributed by atoms with E-state index in [1.807, 2.05) is 0 Å². The molecule has 0 atom stereocenters. The van der Waals surface area contributed by atoms with E-state index in [0.717, 1.165) is 12.8 Å². The average molecular weight is 397 g/mol. The van der Waals surface area contributed by atoms with Crippen molar-refractivity contribution in [2.75, 3.05) is 16.4 Å².